The van der Waals surface area contributed by atoms with E-state index in [0.717, 1.165) is 5.75 Å². The summed E-state index contributed by atoms with van der Waals surface area (Å²) in [5, 5.41) is 1.19. The van der Waals surface area contributed by atoms with Crippen molar-refractivity contribution in [3.63, 3.8) is 0 Å². The van der Waals surface area contributed by atoms with E-state index in [1.165, 1.54) is 28.2 Å². The number of ether oxygens (including phenoxy) is 1. The van der Waals surface area contributed by atoms with E-state index in [1.807, 2.05) is 6.92 Å². The van der Waals surface area contributed by atoms with Crippen LogP contribution in [0.15, 0.2) is 58.4 Å². The van der Waals surface area contributed by atoms with E-state index in [-0.39, 0.29) is 16.8 Å². The van der Waals surface area contributed by atoms with Gasteiger partial charge in [0.15, 0.2) is 5.17 Å². The van der Waals surface area contributed by atoms with Gasteiger partial charge in [-0.05, 0) is 55.5 Å². The van der Waals surface area contributed by atoms with E-state index in [4.69, 9.17) is 16.3 Å². The molecule has 1 saturated heterocycles. The monoisotopic (exact) mass is 479 g/mol. The predicted octanol–water partition coefficient (Wildman–Crippen LogP) is 3.50. The second-order valence-electron chi connectivity index (χ2n) is 7.23. The molecule has 1 amide bonds. The van der Waals surface area contributed by atoms with Gasteiger partial charge in [0.25, 0.3) is 5.91 Å². The van der Waals surface area contributed by atoms with E-state index >= 15 is 0 Å². The van der Waals surface area contributed by atoms with Gasteiger partial charge >= 0.3 is 0 Å². The Morgan fingerprint density at radius 2 is 1.77 bits per heavy atom. The molecule has 2 aliphatic heterocycles. The first-order valence-electron chi connectivity index (χ1n) is 9.85. The number of hydrogen-bond donors (Lipinski definition) is 0. The fourth-order valence-electron chi connectivity index (χ4n) is 3.32. The number of rotatable bonds is 4. The van der Waals surface area contributed by atoms with E-state index < -0.39 is 10.0 Å². The highest BCUT2D eigenvalue weighted by Crippen LogP contribution is 2.29. The number of thioether (sulfide) groups is 1. The number of carbonyl (C=O) groups excluding carboxylic acids is 1. The Balaban J connectivity index is 1.63. The van der Waals surface area contributed by atoms with Gasteiger partial charge in [-0.25, -0.2) is 8.42 Å². The summed E-state index contributed by atoms with van der Waals surface area (Å²) in [6.45, 7) is 3.40. The Morgan fingerprint density at radius 1 is 1.13 bits per heavy atom. The molecule has 31 heavy (non-hydrogen) atoms. The van der Waals surface area contributed by atoms with E-state index in [0.29, 0.717) is 47.7 Å². The first kappa shape index (κ1) is 22.3. The van der Waals surface area contributed by atoms with Gasteiger partial charge in [0.05, 0.1) is 29.8 Å². The molecule has 1 fully saturated rings. The Bertz CT molecular complexity index is 1080. The molecule has 2 aromatic rings. The smallest absolute Gasteiger partial charge is 0.264 e. The van der Waals surface area contributed by atoms with Crippen molar-refractivity contribution in [2.75, 3.05) is 37.0 Å². The molecule has 164 valence electrons. The second kappa shape index (κ2) is 9.30. The largest absolute Gasteiger partial charge is 0.379 e. The zero-order valence-corrected chi connectivity index (χ0v) is 19.3. The minimum Gasteiger partial charge on any atom is -0.379 e. The maximum atomic E-state index is 13.4. The lowest BCUT2D eigenvalue weighted by Crippen LogP contribution is -2.40. The van der Waals surface area contributed by atoms with Crippen molar-refractivity contribution >= 4 is 50.1 Å². The first-order valence-corrected chi connectivity index (χ1v) is 12.7. The third-order valence-corrected chi connectivity index (χ3v) is 8.33. The van der Waals surface area contributed by atoms with Crippen LogP contribution in [0.1, 0.15) is 17.3 Å². The zero-order valence-electron chi connectivity index (χ0n) is 16.9. The van der Waals surface area contributed by atoms with Gasteiger partial charge < -0.3 is 4.74 Å². The van der Waals surface area contributed by atoms with Crippen molar-refractivity contribution in [2.24, 2.45) is 4.99 Å². The molecular weight excluding hydrogens is 458 g/mol. The third-order valence-electron chi connectivity index (χ3n) is 4.97. The average Bonchev–Trinajstić information content (AvgIpc) is 3.21. The highest BCUT2D eigenvalue weighted by atomic mass is 35.5. The number of sulfonamides is 1. The van der Waals surface area contributed by atoms with Crippen LogP contribution in [0.5, 0.6) is 0 Å². The maximum Gasteiger partial charge on any atom is 0.264 e. The molecule has 1 unspecified atom stereocenters. The van der Waals surface area contributed by atoms with Gasteiger partial charge in [-0.15, -0.1) is 0 Å². The average molecular weight is 480 g/mol. The van der Waals surface area contributed by atoms with Gasteiger partial charge in [-0.3, -0.25) is 14.7 Å². The fraction of sp³-hybridized carbons (Fsp3) is 0.333. The van der Waals surface area contributed by atoms with Crippen LogP contribution >= 0.6 is 23.4 Å². The highest BCUT2D eigenvalue weighted by molar-refractivity contribution is 8.14. The van der Waals surface area contributed by atoms with Gasteiger partial charge in [0.2, 0.25) is 10.0 Å². The summed E-state index contributed by atoms with van der Waals surface area (Å²) in [5.41, 5.74) is 1.03. The summed E-state index contributed by atoms with van der Waals surface area (Å²) in [5.74, 6) is 0.515. The lowest BCUT2D eigenvalue weighted by molar-refractivity contribution is 0.0730. The molecule has 0 spiro atoms. The van der Waals surface area contributed by atoms with E-state index in [2.05, 4.69) is 4.99 Å². The molecule has 2 heterocycles. The second-order valence-corrected chi connectivity index (χ2v) is 10.6. The molecule has 2 aliphatic rings. The molecule has 7 nitrogen and oxygen atoms in total. The molecule has 0 saturated carbocycles. The van der Waals surface area contributed by atoms with Crippen LogP contribution in [0.2, 0.25) is 5.02 Å². The van der Waals surface area contributed by atoms with Crippen LogP contribution in [0.3, 0.4) is 0 Å². The SMILES string of the molecule is CC1CSC(N(C(=O)c2ccc(S(=O)(=O)N3CCOCC3)cc2)c2ccc(Cl)cc2)=N1. The summed E-state index contributed by atoms with van der Waals surface area (Å²) < 4.78 is 32.3. The number of morpholine rings is 1. The minimum atomic E-state index is -3.62. The molecule has 0 aliphatic carbocycles. The Morgan fingerprint density at radius 3 is 2.35 bits per heavy atom. The Kier molecular flexibility index (Phi) is 6.68. The van der Waals surface area contributed by atoms with E-state index in [1.54, 1.807) is 41.3 Å². The van der Waals surface area contributed by atoms with Crippen molar-refractivity contribution in [1.29, 1.82) is 0 Å². The summed E-state index contributed by atoms with van der Waals surface area (Å²) in [4.78, 5) is 19.7. The number of nitrogens with zero attached hydrogens (tertiary/aromatic N) is 3. The van der Waals surface area contributed by atoms with Crippen LogP contribution in [-0.4, -0.2) is 61.9 Å². The number of amides is 1. The normalized spacial score (nSPS) is 19.8. The number of amidine groups is 1. The van der Waals surface area contributed by atoms with Gasteiger partial charge in [0.1, 0.15) is 0 Å². The van der Waals surface area contributed by atoms with Gasteiger partial charge in [0, 0.05) is 29.4 Å². The third kappa shape index (κ3) is 4.80. The molecule has 0 aromatic heterocycles. The number of hydrogen-bond acceptors (Lipinski definition) is 6. The lowest BCUT2D eigenvalue weighted by atomic mass is 10.2. The number of anilines is 1. The van der Waals surface area contributed by atoms with Gasteiger partial charge in [-0.2, -0.15) is 4.31 Å². The number of carbonyl (C=O) groups is 1. The quantitative estimate of drug-likeness (QED) is 0.670. The van der Waals surface area contributed by atoms with Crippen molar-refractivity contribution in [1.82, 2.24) is 4.31 Å². The number of aliphatic imine (C=N–C) groups is 1. The molecule has 0 bridgehead atoms. The van der Waals surface area contributed by atoms with Gasteiger partial charge in [-0.1, -0.05) is 23.4 Å². The first-order chi connectivity index (χ1) is 14.9. The minimum absolute atomic E-state index is 0.114. The highest BCUT2D eigenvalue weighted by Gasteiger charge is 2.29. The van der Waals surface area contributed by atoms with Crippen LogP contribution in [0.25, 0.3) is 0 Å². The summed E-state index contributed by atoms with van der Waals surface area (Å²) >= 11 is 7.53. The molecule has 1 atom stereocenters. The van der Waals surface area contributed by atoms with Crippen LogP contribution in [0, 0.1) is 0 Å². The van der Waals surface area contributed by atoms with Crippen molar-refractivity contribution in [3.05, 3.63) is 59.1 Å². The Labute approximate surface area is 191 Å². The van der Waals surface area contributed by atoms with Crippen LogP contribution < -0.4 is 4.90 Å². The summed E-state index contributed by atoms with van der Waals surface area (Å²) in [6.07, 6.45) is 0. The maximum absolute atomic E-state index is 13.4. The molecular formula is C21H22ClN3O4S2. The molecule has 10 heteroatoms. The van der Waals surface area contributed by atoms with Crippen molar-refractivity contribution < 1.29 is 17.9 Å². The predicted molar refractivity (Wildman–Crippen MR) is 124 cm³/mol. The molecule has 0 radical (unpaired) electrons. The number of halogens is 1. The topological polar surface area (TPSA) is 79.3 Å². The molecule has 0 N–H and O–H groups in total. The molecule has 2 aromatic carbocycles. The molecule has 4 rings (SSSR count). The van der Waals surface area contributed by atoms with Crippen LogP contribution in [-0.2, 0) is 14.8 Å². The summed E-state index contributed by atoms with van der Waals surface area (Å²) in [6, 6.07) is 13.1. The zero-order chi connectivity index (χ0) is 22.0. The summed E-state index contributed by atoms with van der Waals surface area (Å²) in [7, 11) is -3.62. The van der Waals surface area contributed by atoms with Crippen molar-refractivity contribution in [2.45, 2.75) is 17.9 Å². The van der Waals surface area contributed by atoms with Crippen LogP contribution in [0.4, 0.5) is 5.69 Å². The fourth-order valence-corrected chi connectivity index (χ4v) is 5.89. The number of benzene rings is 2. The Hall–Kier alpha value is -1.91. The lowest BCUT2D eigenvalue weighted by Gasteiger charge is -2.26. The van der Waals surface area contributed by atoms with E-state index in [9.17, 15) is 13.2 Å². The standard InChI is InChI=1S/C21H22ClN3O4S2/c1-15-14-30-21(23-15)25(18-6-4-17(22)5-7-18)20(26)16-2-8-19(9-3-16)31(27,28)24-10-12-29-13-11-24/h2-9,15H,10-14H2,1H3. The van der Waals surface area contributed by atoms with Crippen molar-refractivity contribution in [3.8, 4) is 0 Å².